The number of phenolic OH excluding ortho intramolecular Hbond substituents is 1. The number of benzene rings is 3. The zero-order valence-corrected chi connectivity index (χ0v) is 19.3. The topological polar surface area (TPSA) is 97.7 Å². The molecule has 1 heterocycles. The SMILES string of the molecule is COc1cc([C@@H]2C(C#N)=C(N)Oc3cc(O)ccc32)c(Br)cc1OCc1ccccc1Cl. The van der Waals surface area contributed by atoms with Gasteiger partial charge >= 0.3 is 0 Å². The van der Waals surface area contributed by atoms with Crippen LogP contribution in [-0.4, -0.2) is 12.2 Å². The molecule has 0 aliphatic carbocycles. The van der Waals surface area contributed by atoms with Crippen molar-refractivity contribution in [1.29, 1.82) is 5.26 Å². The summed E-state index contributed by atoms with van der Waals surface area (Å²) in [7, 11) is 1.54. The van der Waals surface area contributed by atoms with Gasteiger partial charge in [0, 0.05) is 26.7 Å². The number of fused-ring (bicyclic) bond motifs is 1. The third-order valence-corrected chi connectivity index (χ3v) is 6.19. The molecule has 3 aromatic rings. The summed E-state index contributed by atoms with van der Waals surface area (Å²) in [5, 5.41) is 20.2. The van der Waals surface area contributed by atoms with Gasteiger partial charge in [-0.1, -0.05) is 51.8 Å². The molecule has 0 radical (unpaired) electrons. The maximum absolute atomic E-state index is 9.84. The minimum Gasteiger partial charge on any atom is -0.508 e. The Bertz CT molecular complexity index is 1270. The largest absolute Gasteiger partial charge is 0.508 e. The summed E-state index contributed by atoms with van der Waals surface area (Å²) in [5.41, 5.74) is 8.57. The van der Waals surface area contributed by atoms with Crippen LogP contribution in [0, 0.1) is 11.3 Å². The molecule has 32 heavy (non-hydrogen) atoms. The molecule has 0 saturated heterocycles. The highest BCUT2D eigenvalue weighted by Crippen LogP contribution is 2.47. The Morgan fingerprint density at radius 1 is 1.16 bits per heavy atom. The highest BCUT2D eigenvalue weighted by Gasteiger charge is 2.33. The van der Waals surface area contributed by atoms with Crippen LogP contribution in [-0.2, 0) is 6.61 Å². The van der Waals surface area contributed by atoms with Crippen LogP contribution < -0.4 is 19.9 Å². The van der Waals surface area contributed by atoms with Crippen LogP contribution in [0.1, 0.15) is 22.6 Å². The van der Waals surface area contributed by atoms with Crippen LogP contribution in [0.25, 0.3) is 0 Å². The lowest BCUT2D eigenvalue weighted by atomic mass is 9.83. The molecule has 6 nitrogen and oxygen atoms in total. The lowest BCUT2D eigenvalue weighted by Crippen LogP contribution is -2.21. The first kappa shape index (κ1) is 21.9. The van der Waals surface area contributed by atoms with Gasteiger partial charge in [0.05, 0.1) is 13.0 Å². The molecule has 8 heteroatoms. The monoisotopic (exact) mass is 512 g/mol. The summed E-state index contributed by atoms with van der Waals surface area (Å²) in [6.45, 7) is 0.261. The predicted octanol–water partition coefficient (Wildman–Crippen LogP) is 5.61. The first-order valence-electron chi connectivity index (χ1n) is 9.57. The van der Waals surface area contributed by atoms with E-state index in [0.29, 0.717) is 32.3 Å². The third kappa shape index (κ3) is 4.07. The van der Waals surface area contributed by atoms with E-state index in [-0.39, 0.29) is 23.8 Å². The average molecular weight is 514 g/mol. The molecule has 0 amide bonds. The van der Waals surface area contributed by atoms with E-state index in [1.54, 1.807) is 31.4 Å². The van der Waals surface area contributed by atoms with E-state index in [1.807, 2.05) is 18.2 Å². The number of nitrogens with zero attached hydrogens (tertiary/aromatic N) is 1. The van der Waals surface area contributed by atoms with Crippen molar-refractivity contribution in [1.82, 2.24) is 0 Å². The molecule has 0 bridgehead atoms. The van der Waals surface area contributed by atoms with Gasteiger partial charge in [-0.15, -0.1) is 0 Å². The van der Waals surface area contributed by atoms with Gasteiger partial charge in [0.25, 0.3) is 0 Å². The lowest BCUT2D eigenvalue weighted by Gasteiger charge is -2.27. The zero-order valence-electron chi connectivity index (χ0n) is 16.9. The number of allylic oxidation sites excluding steroid dienone is 1. The third-order valence-electron chi connectivity index (χ3n) is 5.14. The summed E-state index contributed by atoms with van der Waals surface area (Å²) < 4.78 is 17.8. The summed E-state index contributed by atoms with van der Waals surface area (Å²) in [4.78, 5) is 0. The smallest absolute Gasteiger partial charge is 0.205 e. The Hall–Kier alpha value is -3.34. The number of methoxy groups -OCH3 is 1. The highest BCUT2D eigenvalue weighted by molar-refractivity contribution is 9.10. The fourth-order valence-corrected chi connectivity index (χ4v) is 4.32. The molecular weight excluding hydrogens is 496 g/mol. The number of hydrogen-bond acceptors (Lipinski definition) is 6. The molecule has 162 valence electrons. The zero-order chi connectivity index (χ0) is 22.8. The minimum atomic E-state index is -0.523. The quantitative estimate of drug-likeness (QED) is 0.460. The van der Waals surface area contributed by atoms with E-state index in [2.05, 4.69) is 22.0 Å². The number of nitriles is 1. The molecule has 1 aliphatic rings. The summed E-state index contributed by atoms with van der Waals surface area (Å²) in [6.07, 6.45) is 0. The standard InChI is InChI=1S/C24H18BrClN2O4/c1-30-21-9-16(18(25)10-22(21)31-12-13-4-2-3-5-19(13)26)23-15-7-6-14(29)8-20(15)32-24(28)17(23)11-27/h2-10,23,29H,12,28H2,1H3/t23-/m1/s1. The van der Waals surface area contributed by atoms with Crippen molar-refractivity contribution in [3.63, 3.8) is 0 Å². The molecule has 4 rings (SSSR count). The number of rotatable bonds is 5. The average Bonchev–Trinajstić information content (AvgIpc) is 2.77. The second-order valence-corrected chi connectivity index (χ2v) is 8.31. The van der Waals surface area contributed by atoms with Crippen molar-refractivity contribution >= 4 is 27.5 Å². The van der Waals surface area contributed by atoms with Crippen LogP contribution in [0.2, 0.25) is 5.02 Å². The molecule has 0 fully saturated rings. The minimum absolute atomic E-state index is 0.0134. The van der Waals surface area contributed by atoms with Crippen LogP contribution in [0.5, 0.6) is 23.0 Å². The van der Waals surface area contributed by atoms with Gasteiger partial charge in [0.15, 0.2) is 11.5 Å². The molecule has 0 unspecified atom stereocenters. The fourth-order valence-electron chi connectivity index (χ4n) is 3.58. The van der Waals surface area contributed by atoms with Crippen LogP contribution >= 0.6 is 27.5 Å². The van der Waals surface area contributed by atoms with Gasteiger partial charge in [-0.2, -0.15) is 5.26 Å². The Labute approximate surface area is 198 Å². The van der Waals surface area contributed by atoms with Crippen LogP contribution in [0.15, 0.2) is 70.5 Å². The van der Waals surface area contributed by atoms with Gasteiger partial charge in [-0.05, 0) is 29.8 Å². The fraction of sp³-hybridized carbons (Fsp3) is 0.125. The molecule has 1 aliphatic heterocycles. The Balaban J connectivity index is 1.76. The van der Waals surface area contributed by atoms with E-state index in [1.165, 1.54) is 12.1 Å². The summed E-state index contributed by atoms with van der Waals surface area (Å²) >= 11 is 9.83. The first-order chi connectivity index (χ1) is 15.4. The molecule has 3 N–H and O–H groups in total. The lowest BCUT2D eigenvalue weighted by molar-refractivity contribution is 0.284. The van der Waals surface area contributed by atoms with Gasteiger partial charge in [0.1, 0.15) is 29.7 Å². The first-order valence-corrected chi connectivity index (χ1v) is 10.7. The van der Waals surface area contributed by atoms with E-state index in [9.17, 15) is 10.4 Å². The summed E-state index contributed by atoms with van der Waals surface area (Å²) in [6, 6.07) is 17.9. The number of phenols is 1. The van der Waals surface area contributed by atoms with Gasteiger partial charge in [-0.3, -0.25) is 0 Å². The highest BCUT2D eigenvalue weighted by atomic mass is 79.9. The number of hydrogen-bond donors (Lipinski definition) is 2. The van der Waals surface area contributed by atoms with E-state index >= 15 is 0 Å². The van der Waals surface area contributed by atoms with E-state index < -0.39 is 5.92 Å². The molecule has 1 atom stereocenters. The van der Waals surface area contributed by atoms with E-state index in [4.69, 9.17) is 31.5 Å². The Morgan fingerprint density at radius 2 is 1.94 bits per heavy atom. The molecule has 0 saturated carbocycles. The predicted molar refractivity (Wildman–Crippen MR) is 124 cm³/mol. The maximum atomic E-state index is 9.84. The summed E-state index contributed by atoms with van der Waals surface area (Å²) in [5.74, 6) is 0.882. The van der Waals surface area contributed by atoms with Crippen molar-refractivity contribution in [3.8, 4) is 29.1 Å². The molecule has 0 aromatic heterocycles. The van der Waals surface area contributed by atoms with Crippen molar-refractivity contribution in [2.24, 2.45) is 5.73 Å². The van der Waals surface area contributed by atoms with Gasteiger partial charge < -0.3 is 25.1 Å². The number of aromatic hydroxyl groups is 1. The second kappa shape index (κ2) is 9.03. The van der Waals surface area contributed by atoms with Gasteiger partial charge in [-0.25, -0.2) is 0 Å². The van der Waals surface area contributed by atoms with Crippen LogP contribution in [0.4, 0.5) is 0 Å². The normalized spacial score (nSPS) is 14.9. The van der Waals surface area contributed by atoms with E-state index in [0.717, 1.165) is 11.1 Å². The number of halogens is 2. The number of nitrogens with two attached hydrogens (primary N) is 1. The van der Waals surface area contributed by atoms with Crippen molar-refractivity contribution in [2.45, 2.75) is 12.5 Å². The van der Waals surface area contributed by atoms with Crippen LogP contribution in [0.3, 0.4) is 0 Å². The second-order valence-electron chi connectivity index (χ2n) is 7.05. The number of ether oxygens (including phenoxy) is 3. The van der Waals surface area contributed by atoms with Crippen molar-refractivity contribution < 1.29 is 19.3 Å². The van der Waals surface area contributed by atoms with Crippen molar-refractivity contribution in [2.75, 3.05) is 7.11 Å². The Morgan fingerprint density at radius 3 is 2.66 bits per heavy atom. The molecule has 0 spiro atoms. The van der Waals surface area contributed by atoms with Crippen molar-refractivity contribution in [3.05, 3.63) is 92.2 Å². The molecule has 3 aromatic carbocycles. The Kier molecular flexibility index (Phi) is 6.17. The molecular formula is C24H18BrClN2O4. The van der Waals surface area contributed by atoms with Gasteiger partial charge in [0.2, 0.25) is 5.88 Å². The maximum Gasteiger partial charge on any atom is 0.205 e.